The molecular formula is C41H51N3O7. The molecule has 0 radical (unpaired) electrons. The molecule has 0 saturated carbocycles. The van der Waals surface area contributed by atoms with Crippen LogP contribution < -0.4 is 25.0 Å². The van der Waals surface area contributed by atoms with Gasteiger partial charge in [0.2, 0.25) is 5.91 Å². The number of benzene rings is 4. The number of fused-ring (bicyclic) bond motifs is 1. The molecule has 4 rings (SSSR count). The van der Waals surface area contributed by atoms with Crippen molar-refractivity contribution in [3.8, 4) is 11.5 Å². The van der Waals surface area contributed by atoms with E-state index in [0.717, 1.165) is 50.3 Å². The highest BCUT2D eigenvalue weighted by Gasteiger charge is 2.27. The molecule has 0 aliphatic carbocycles. The minimum absolute atomic E-state index is 0.0324. The van der Waals surface area contributed by atoms with Crippen molar-refractivity contribution in [2.24, 2.45) is 5.73 Å². The molecule has 0 aliphatic heterocycles. The average Bonchev–Trinajstić information content (AvgIpc) is 3.05. The lowest BCUT2D eigenvalue weighted by Gasteiger charge is -2.33. The van der Waals surface area contributed by atoms with Gasteiger partial charge in [0.25, 0.3) is 0 Å². The van der Waals surface area contributed by atoms with Gasteiger partial charge >= 0.3 is 11.9 Å². The summed E-state index contributed by atoms with van der Waals surface area (Å²) in [6, 6.07) is 25.2. The quantitative estimate of drug-likeness (QED) is 0.131. The standard InChI is InChI=1S/C41H51N3O7/c1-40(2,3)50-37(46)26-43(24-28-13-18-31(48-7)19-14-28)35-23-30(17-22-36(42)45)39(34-12-10-9-11-33(34)35)44(27-38(47)51-41(4,5)6)25-29-15-20-32(49-8)21-16-29/h9-16,18-21,23H,17,22,24-27H2,1-8H3,(H2,42,45). The summed E-state index contributed by atoms with van der Waals surface area (Å²) in [4.78, 5) is 43.1. The zero-order valence-corrected chi connectivity index (χ0v) is 31.1. The fraction of sp³-hybridized carbons (Fsp3) is 0.390. The summed E-state index contributed by atoms with van der Waals surface area (Å²) in [5.41, 5.74) is 8.59. The van der Waals surface area contributed by atoms with Crippen molar-refractivity contribution < 1.29 is 33.3 Å². The lowest BCUT2D eigenvalue weighted by Crippen LogP contribution is -2.36. The molecule has 0 fully saturated rings. The van der Waals surface area contributed by atoms with Crippen LogP contribution in [0.5, 0.6) is 11.5 Å². The molecule has 0 unspecified atom stereocenters. The van der Waals surface area contributed by atoms with Crippen LogP contribution in [-0.4, -0.2) is 56.4 Å². The van der Waals surface area contributed by atoms with E-state index in [1.165, 1.54) is 0 Å². The molecule has 1 amide bonds. The third-order valence-electron chi connectivity index (χ3n) is 7.92. The van der Waals surface area contributed by atoms with E-state index < -0.39 is 23.1 Å². The number of methoxy groups -OCH3 is 2. The molecule has 4 aromatic rings. The maximum Gasteiger partial charge on any atom is 0.326 e. The van der Waals surface area contributed by atoms with Crippen LogP contribution in [0.3, 0.4) is 0 Å². The van der Waals surface area contributed by atoms with Crippen molar-refractivity contribution in [3.05, 3.63) is 95.6 Å². The molecule has 0 atom stereocenters. The second-order valence-electron chi connectivity index (χ2n) is 14.5. The van der Waals surface area contributed by atoms with Gasteiger partial charge in [-0.2, -0.15) is 0 Å². The van der Waals surface area contributed by atoms with Gasteiger partial charge in [0.15, 0.2) is 0 Å². The fourth-order valence-electron chi connectivity index (χ4n) is 5.88. The van der Waals surface area contributed by atoms with Crippen LogP contribution in [0.2, 0.25) is 0 Å². The van der Waals surface area contributed by atoms with Gasteiger partial charge in [0.05, 0.1) is 14.2 Å². The van der Waals surface area contributed by atoms with E-state index in [2.05, 4.69) is 0 Å². The molecule has 51 heavy (non-hydrogen) atoms. The minimum atomic E-state index is -0.687. The Balaban J connectivity index is 1.93. The summed E-state index contributed by atoms with van der Waals surface area (Å²) < 4.78 is 22.3. The predicted octanol–water partition coefficient (Wildman–Crippen LogP) is 6.97. The van der Waals surface area contributed by atoms with E-state index in [4.69, 9.17) is 24.7 Å². The third-order valence-corrected chi connectivity index (χ3v) is 7.92. The first kappa shape index (κ1) is 38.6. The molecule has 4 aromatic carbocycles. The van der Waals surface area contributed by atoms with E-state index in [1.807, 2.05) is 130 Å². The number of rotatable bonds is 15. The molecule has 0 bridgehead atoms. The number of ether oxygens (including phenoxy) is 4. The van der Waals surface area contributed by atoms with E-state index >= 15 is 0 Å². The number of nitrogens with zero attached hydrogens (tertiary/aromatic N) is 2. The minimum Gasteiger partial charge on any atom is -0.497 e. The number of hydrogen-bond donors (Lipinski definition) is 1. The first-order chi connectivity index (χ1) is 24.0. The number of carbonyl (C=O) groups is 3. The fourth-order valence-corrected chi connectivity index (χ4v) is 5.88. The molecule has 0 aliphatic rings. The lowest BCUT2D eigenvalue weighted by atomic mass is 9.96. The van der Waals surface area contributed by atoms with Crippen molar-refractivity contribution in [2.45, 2.75) is 78.7 Å². The molecule has 0 saturated heterocycles. The Labute approximate surface area is 301 Å². The molecule has 0 aromatic heterocycles. The van der Waals surface area contributed by atoms with Gasteiger partial charge in [-0.15, -0.1) is 0 Å². The third kappa shape index (κ3) is 11.4. The second-order valence-corrected chi connectivity index (χ2v) is 14.5. The van der Waals surface area contributed by atoms with Crippen LogP contribution in [0.25, 0.3) is 10.8 Å². The summed E-state index contributed by atoms with van der Waals surface area (Å²) in [5.74, 6) is 0.220. The first-order valence-electron chi connectivity index (χ1n) is 17.1. The Bertz CT molecular complexity index is 1810. The second kappa shape index (κ2) is 16.6. The Morgan fingerprint density at radius 1 is 0.647 bits per heavy atom. The normalized spacial score (nSPS) is 11.5. The maximum absolute atomic E-state index is 13.5. The van der Waals surface area contributed by atoms with Crippen molar-refractivity contribution in [2.75, 3.05) is 37.1 Å². The molecule has 10 nitrogen and oxygen atoms in total. The maximum atomic E-state index is 13.5. The summed E-state index contributed by atoms with van der Waals surface area (Å²) >= 11 is 0. The van der Waals surface area contributed by atoms with Crippen molar-refractivity contribution >= 4 is 40.0 Å². The number of hydrogen-bond acceptors (Lipinski definition) is 9. The molecule has 10 heteroatoms. The number of primary amides is 1. The van der Waals surface area contributed by atoms with Gasteiger partial charge in [-0.05, 0) is 95.0 Å². The zero-order chi connectivity index (χ0) is 37.3. The summed E-state index contributed by atoms with van der Waals surface area (Å²) in [7, 11) is 3.23. The van der Waals surface area contributed by atoms with Crippen LogP contribution in [0.15, 0.2) is 78.9 Å². The Hall–Kier alpha value is -5.25. The molecule has 0 heterocycles. The van der Waals surface area contributed by atoms with E-state index in [-0.39, 0.29) is 25.5 Å². The van der Waals surface area contributed by atoms with Gasteiger partial charge in [0, 0.05) is 41.7 Å². The van der Waals surface area contributed by atoms with Crippen LogP contribution in [0.4, 0.5) is 11.4 Å². The van der Waals surface area contributed by atoms with Crippen LogP contribution in [0, 0.1) is 0 Å². The number of nitrogens with two attached hydrogens (primary N) is 1. The summed E-state index contributed by atoms with van der Waals surface area (Å²) in [5, 5.41) is 1.70. The van der Waals surface area contributed by atoms with Gasteiger partial charge in [-0.1, -0.05) is 48.5 Å². The van der Waals surface area contributed by atoms with Crippen LogP contribution in [0.1, 0.15) is 64.7 Å². The summed E-state index contributed by atoms with van der Waals surface area (Å²) in [6.45, 7) is 11.7. The first-order valence-corrected chi connectivity index (χ1v) is 17.1. The average molecular weight is 698 g/mol. The number of anilines is 2. The highest BCUT2D eigenvalue weighted by atomic mass is 16.6. The largest absolute Gasteiger partial charge is 0.497 e. The SMILES string of the molecule is COc1ccc(CN(CC(=O)OC(C)(C)C)c2cc(CCC(N)=O)c(N(CC(=O)OC(C)(C)C)Cc3ccc(OC)cc3)c3ccccc23)cc1. The molecule has 0 spiro atoms. The molecule has 2 N–H and O–H groups in total. The van der Waals surface area contributed by atoms with E-state index in [1.54, 1.807) is 14.2 Å². The van der Waals surface area contributed by atoms with Gasteiger partial charge in [-0.3, -0.25) is 14.4 Å². The van der Waals surface area contributed by atoms with E-state index in [0.29, 0.717) is 19.5 Å². The van der Waals surface area contributed by atoms with Crippen molar-refractivity contribution in [3.63, 3.8) is 0 Å². The van der Waals surface area contributed by atoms with Crippen molar-refractivity contribution in [1.82, 2.24) is 0 Å². The Morgan fingerprint density at radius 2 is 1.10 bits per heavy atom. The van der Waals surface area contributed by atoms with Gasteiger partial charge < -0.3 is 34.5 Å². The van der Waals surface area contributed by atoms with Crippen LogP contribution >= 0.6 is 0 Å². The predicted molar refractivity (Wildman–Crippen MR) is 201 cm³/mol. The number of esters is 2. The number of amides is 1. The smallest absolute Gasteiger partial charge is 0.326 e. The zero-order valence-electron chi connectivity index (χ0n) is 31.1. The van der Waals surface area contributed by atoms with Gasteiger partial charge in [0.1, 0.15) is 35.8 Å². The Morgan fingerprint density at radius 3 is 1.55 bits per heavy atom. The van der Waals surface area contributed by atoms with Gasteiger partial charge in [-0.25, -0.2) is 0 Å². The number of carbonyl (C=O) groups excluding carboxylic acids is 3. The van der Waals surface area contributed by atoms with E-state index in [9.17, 15) is 14.4 Å². The van der Waals surface area contributed by atoms with Crippen molar-refractivity contribution in [1.29, 1.82) is 0 Å². The highest BCUT2D eigenvalue weighted by Crippen LogP contribution is 2.40. The van der Waals surface area contributed by atoms with Crippen LogP contribution in [-0.2, 0) is 43.4 Å². The topological polar surface area (TPSA) is 121 Å². The lowest BCUT2D eigenvalue weighted by molar-refractivity contribution is -0.154. The summed E-state index contributed by atoms with van der Waals surface area (Å²) in [6.07, 6.45) is 0.386. The molecular weight excluding hydrogens is 646 g/mol. The monoisotopic (exact) mass is 697 g/mol. The highest BCUT2D eigenvalue weighted by molar-refractivity contribution is 6.05. The molecule has 272 valence electrons. The Kier molecular flexibility index (Phi) is 12.6. The number of aryl methyl sites for hydroxylation is 1.